The third-order valence-electron chi connectivity index (χ3n) is 2.79. The molecule has 0 aromatic heterocycles. The predicted octanol–water partition coefficient (Wildman–Crippen LogP) is 1.91. The molecule has 1 aromatic carbocycles. The van der Waals surface area contributed by atoms with E-state index >= 15 is 0 Å². The molecule has 0 aliphatic carbocycles. The smallest absolute Gasteiger partial charge is 0.337 e. The van der Waals surface area contributed by atoms with Crippen LogP contribution in [0.25, 0.3) is 0 Å². The van der Waals surface area contributed by atoms with E-state index in [1.165, 1.54) is 32.4 Å². The van der Waals surface area contributed by atoms with Crippen LogP contribution in [0.2, 0.25) is 5.02 Å². The molecular formula is C13H15ClN2O4S. The fraction of sp³-hybridized carbons (Fsp3) is 0.385. The fourth-order valence-corrected chi connectivity index (χ4v) is 3.42. The summed E-state index contributed by atoms with van der Waals surface area (Å²) in [6.07, 6.45) is 0. The summed E-state index contributed by atoms with van der Waals surface area (Å²) < 4.78 is 30.3. The lowest BCUT2D eigenvalue weighted by Gasteiger charge is -2.19. The van der Waals surface area contributed by atoms with Crippen LogP contribution in [-0.4, -0.2) is 39.4 Å². The van der Waals surface area contributed by atoms with Crippen LogP contribution in [0.15, 0.2) is 23.1 Å². The molecule has 0 fully saturated rings. The van der Waals surface area contributed by atoms with E-state index in [-0.39, 0.29) is 22.0 Å². The van der Waals surface area contributed by atoms with Crippen molar-refractivity contribution in [1.29, 1.82) is 5.26 Å². The normalized spacial score (nSPS) is 12.8. The average Bonchev–Trinajstić information content (AvgIpc) is 2.45. The van der Waals surface area contributed by atoms with Crippen LogP contribution in [0.5, 0.6) is 0 Å². The molecule has 1 rings (SSSR count). The first-order chi connectivity index (χ1) is 9.73. The molecule has 114 valence electrons. The first-order valence-electron chi connectivity index (χ1n) is 5.97. The summed E-state index contributed by atoms with van der Waals surface area (Å²) in [7, 11) is -1.24. The van der Waals surface area contributed by atoms with Crippen molar-refractivity contribution in [2.45, 2.75) is 11.8 Å². The molecule has 0 amide bonds. The van der Waals surface area contributed by atoms with Crippen LogP contribution in [0, 0.1) is 17.2 Å². The third kappa shape index (κ3) is 3.94. The molecule has 21 heavy (non-hydrogen) atoms. The Morgan fingerprint density at radius 1 is 1.52 bits per heavy atom. The molecule has 6 nitrogen and oxygen atoms in total. The number of methoxy groups -OCH3 is 1. The van der Waals surface area contributed by atoms with E-state index in [1.54, 1.807) is 6.92 Å². The van der Waals surface area contributed by atoms with Crippen molar-refractivity contribution in [3.8, 4) is 6.07 Å². The summed E-state index contributed by atoms with van der Waals surface area (Å²) in [5, 5.41) is 8.68. The number of ether oxygens (including phenoxy) is 1. The van der Waals surface area contributed by atoms with E-state index in [0.29, 0.717) is 0 Å². The Balaban J connectivity index is 3.15. The van der Waals surface area contributed by atoms with Gasteiger partial charge in [-0.15, -0.1) is 0 Å². The van der Waals surface area contributed by atoms with Gasteiger partial charge in [0.25, 0.3) is 0 Å². The molecule has 0 bridgehead atoms. The Morgan fingerprint density at radius 3 is 2.62 bits per heavy atom. The lowest BCUT2D eigenvalue weighted by atomic mass is 10.2. The molecule has 8 heteroatoms. The lowest BCUT2D eigenvalue weighted by molar-refractivity contribution is 0.0600. The third-order valence-corrected chi connectivity index (χ3v) is 5.10. The molecule has 1 unspecified atom stereocenters. The predicted molar refractivity (Wildman–Crippen MR) is 77.4 cm³/mol. The minimum absolute atomic E-state index is 0.0495. The summed E-state index contributed by atoms with van der Waals surface area (Å²) in [5.74, 6) is -1.05. The fourth-order valence-electron chi connectivity index (χ4n) is 1.65. The van der Waals surface area contributed by atoms with E-state index in [2.05, 4.69) is 4.74 Å². The maximum absolute atomic E-state index is 12.4. The van der Waals surface area contributed by atoms with Crippen LogP contribution in [0.4, 0.5) is 0 Å². The van der Waals surface area contributed by atoms with Gasteiger partial charge in [-0.3, -0.25) is 0 Å². The second-order valence-corrected chi connectivity index (χ2v) is 6.87. The Bertz CT molecular complexity index is 682. The second-order valence-electron chi connectivity index (χ2n) is 4.45. The van der Waals surface area contributed by atoms with Gasteiger partial charge < -0.3 is 4.74 Å². The SMILES string of the molecule is COC(=O)c1ccc(S(=O)(=O)N(C)CC(C)C#N)c(Cl)c1. The van der Waals surface area contributed by atoms with Crippen LogP contribution < -0.4 is 0 Å². The minimum Gasteiger partial charge on any atom is -0.465 e. The van der Waals surface area contributed by atoms with Gasteiger partial charge in [-0.25, -0.2) is 13.2 Å². The number of benzene rings is 1. The van der Waals surface area contributed by atoms with Crippen LogP contribution in [0.1, 0.15) is 17.3 Å². The zero-order chi connectivity index (χ0) is 16.2. The molecule has 0 aliphatic rings. The molecule has 0 saturated heterocycles. The second kappa shape index (κ2) is 6.89. The minimum atomic E-state index is -3.83. The number of rotatable bonds is 5. The zero-order valence-electron chi connectivity index (χ0n) is 11.8. The number of esters is 1. The summed E-state index contributed by atoms with van der Waals surface area (Å²) in [6, 6.07) is 5.78. The maximum Gasteiger partial charge on any atom is 0.337 e. The van der Waals surface area contributed by atoms with Gasteiger partial charge >= 0.3 is 5.97 Å². The van der Waals surface area contributed by atoms with Gasteiger partial charge in [-0.1, -0.05) is 11.6 Å². The lowest BCUT2D eigenvalue weighted by Crippen LogP contribution is -2.31. The van der Waals surface area contributed by atoms with Gasteiger partial charge in [0.15, 0.2) is 0 Å². The first kappa shape index (κ1) is 17.4. The number of carbonyl (C=O) groups excluding carboxylic acids is 1. The Hall–Kier alpha value is -1.62. The van der Waals surface area contributed by atoms with Gasteiger partial charge in [0.2, 0.25) is 10.0 Å². The van der Waals surface area contributed by atoms with Crippen LogP contribution >= 0.6 is 11.6 Å². The van der Waals surface area contributed by atoms with Crippen molar-refractivity contribution in [1.82, 2.24) is 4.31 Å². The number of hydrogen-bond donors (Lipinski definition) is 0. The molecule has 0 heterocycles. The molecule has 1 atom stereocenters. The number of nitrogens with zero attached hydrogens (tertiary/aromatic N) is 2. The van der Waals surface area contributed by atoms with Crippen molar-refractivity contribution in [2.24, 2.45) is 5.92 Å². The van der Waals surface area contributed by atoms with E-state index in [4.69, 9.17) is 16.9 Å². The van der Waals surface area contributed by atoms with Crippen molar-refractivity contribution in [3.63, 3.8) is 0 Å². The van der Waals surface area contributed by atoms with Crippen LogP contribution in [-0.2, 0) is 14.8 Å². The molecule has 0 spiro atoms. The molecule has 0 radical (unpaired) electrons. The van der Waals surface area contributed by atoms with Gasteiger partial charge in [0, 0.05) is 13.6 Å². The monoisotopic (exact) mass is 330 g/mol. The highest BCUT2D eigenvalue weighted by molar-refractivity contribution is 7.89. The number of halogens is 1. The summed E-state index contributed by atoms with van der Waals surface area (Å²) in [6.45, 7) is 1.67. The molecule has 1 aromatic rings. The number of sulfonamides is 1. The van der Waals surface area contributed by atoms with Gasteiger partial charge in [-0.05, 0) is 25.1 Å². The molecule has 0 aliphatic heterocycles. The number of carbonyl (C=O) groups is 1. The van der Waals surface area contributed by atoms with E-state index < -0.39 is 21.9 Å². The van der Waals surface area contributed by atoms with E-state index in [0.717, 1.165) is 4.31 Å². The largest absolute Gasteiger partial charge is 0.465 e. The zero-order valence-corrected chi connectivity index (χ0v) is 13.4. The summed E-state index contributed by atoms with van der Waals surface area (Å²) in [4.78, 5) is 11.2. The van der Waals surface area contributed by atoms with E-state index in [9.17, 15) is 13.2 Å². The van der Waals surface area contributed by atoms with Gasteiger partial charge in [-0.2, -0.15) is 9.57 Å². The van der Waals surface area contributed by atoms with Crippen molar-refractivity contribution < 1.29 is 17.9 Å². The topological polar surface area (TPSA) is 87.5 Å². The highest BCUT2D eigenvalue weighted by atomic mass is 35.5. The summed E-state index contributed by atoms with van der Waals surface area (Å²) in [5.41, 5.74) is 0.162. The van der Waals surface area contributed by atoms with Crippen molar-refractivity contribution >= 4 is 27.6 Å². The number of nitriles is 1. The first-order valence-corrected chi connectivity index (χ1v) is 7.79. The average molecular weight is 331 g/mol. The highest BCUT2D eigenvalue weighted by Crippen LogP contribution is 2.26. The maximum atomic E-state index is 12.4. The Morgan fingerprint density at radius 2 is 2.14 bits per heavy atom. The Labute approximate surface area is 128 Å². The Kier molecular flexibility index (Phi) is 5.72. The number of hydrogen-bond acceptors (Lipinski definition) is 5. The highest BCUT2D eigenvalue weighted by Gasteiger charge is 2.25. The van der Waals surface area contributed by atoms with Gasteiger partial charge in [0.05, 0.1) is 29.7 Å². The van der Waals surface area contributed by atoms with Crippen LogP contribution in [0.3, 0.4) is 0 Å². The molecule has 0 saturated carbocycles. The standard InChI is InChI=1S/C13H15ClN2O4S/c1-9(7-15)8-16(2)21(18,19)12-5-4-10(6-11(12)14)13(17)20-3/h4-6,9H,8H2,1-3H3. The summed E-state index contributed by atoms with van der Waals surface area (Å²) >= 11 is 5.95. The van der Waals surface area contributed by atoms with Crippen molar-refractivity contribution in [2.75, 3.05) is 20.7 Å². The molecular weight excluding hydrogens is 316 g/mol. The quantitative estimate of drug-likeness (QED) is 0.769. The van der Waals surface area contributed by atoms with E-state index in [1.807, 2.05) is 6.07 Å². The van der Waals surface area contributed by atoms with Gasteiger partial charge in [0.1, 0.15) is 4.90 Å². The molecule has 0 N–H and O–H groups in total. The van der Waals surface area contributed by atoms with Crippen molar-refractivity contribution in [3.05, 3.63) is 28.8 Å².